The maximum absolute atomic E-state index is 10.8. The molecule has 2 aromatic rings. The molecule has 1 aromatic carbocycles. The Hall–Kier alpha value is -1.10. The third-order valence-electron chi connectivity index (χ3n) is 2.95. The number of nitrogen functional groups attached to an aromatic ring is 2. The highest BCUT2D eigenvalue weighted by Crippen LogP contribution is 2.21. The number of nitrogens with zero attached hydrogens (tertiary/aromatic N) is 1. The van der Waals surface area contributed by atoms with Crippen molar-refractivity contribution in [3.8, 4) is 0 Å². The maximum atomic E-state index is 10.8. The number of rotatable bonds is 1. The molecule has 0 saturated carbocycles. The SMILES string of the molecule is Cc1cc(C)c(S(=O)(=O)[O-])c(C)c1.Nc1c(Cl)c(I)cc[n+]1N. The van der Waals surface area contributed by atoms with Crippen LogP contribution in [0.15, 0.2) is 29.3 Å². The largest absolute Gasteiger partial charge is 0.744 e. The minimum absolute atomic E-state index is 0.0851. The van der Waals surface area contributed by atoms with Gasteiger partial charge >= 0.3 is 5.82 Å². The third-order valence-corrected chi connectivity index (χ3v) is 5.71. The van der Waals surface area contributed by atoms with Gasteiger partial charge in [-0.25, -0.2) is 8.42 Å². The molecule has 0 atom stereocenters. The van der Waals surface area contributed by atoms with E-state index >= 15 is 0 Å². The summed E-state index contributed by atoms with van der Waals surface area (Å²) in [6, 6.07) is 5.18. The van der Waals surface area contributed by atoms with Gasteiger partial charge < -0.3 is 4.55 Å². The van der Waals surface area contributed by atoms with Gasteiger partial charge in [-0.3, -0.25) is 11.6 Å². The molecule has 0 spiro atoms. The highest BCUT2D eigenvalue weighted by Gasteiger charge is 2.10. The first-order chi connectivity index (χ1) is 10.4. The Balaban J connectivity index is 0.000000238. The molecule has 9 heteroatoms. The third kappa shape index (κ3) is 5.20. The van der Waals surface area contributed by atoms with Crippen LogP contribution in [0.4, 0.5) is 5.82 Å². The fourth-order valence-corrected chi connectivity index (χ4v) is 3.60. The van der Waals surface area contributed by atoms with E-state index < -0.39 is 10.1 Å². The molecule has 23 heavy (non-hydrogen) atoms. The summed E-state index contributed by atoms with van der Waals surface area (Å²) in [6.45, 7) is 5.12. The summed E-state index contributed by atoms with van der Waals surface area (Å²) >= 11 is 7.84. The zero-order valence-corrected chi connectivity index (χ0v) is 16.5. The lowest BCUT2D eigenvalue weighted by Crippen LogP contribution is -2.46. The highest BCUT2D eigenvalue weighted by atomic mass is 127. The van der Waals surface area contributed by atoms with Crippen LogP contribution >= 0.6 is 34.2 Å². The van der Waals surface area contributed by atoms with Crippen molar-refractivity contribution in [1.82, 2.24) is 0 Å². The Morgan fingerprint density at radius 2 is 1.70 bits per heavy atom. The van der Waals surface area contributed by atoms with Crippen LogP contribution in [0.1, 0.15) is 16.7 Å². The quantitative estimate of drug-likeness (QED) is 0.287. The van der Waals surface area contributed by atoms with Crippen molar-refractivity contribution >= 4 is 50.1 Å². The van der Waals surface area contributed by atoms with Crippen LogP contribution in [0.3, 0.4) is 0 Å². The van der Waals surface area contributed by atoms with Gasteiger partial charge in [0.05, 0.1) is 4.90 Å². The molecule has 2 rings (SSSR count). The van der Waals surface area contributed by atoms with Crippen LogP contribution in [-0.4, -0.2) is 13.0 Å². The first-order valence-electron chi connectivity index (χ1n) is 6.39. The summed E-state index contributed by atoms with van der Waals surface area (Å²) in [7, 11) is -4.33. The minimum atomic E-state index is -4.33. The summed E-state index contributed by atoms with van der Waals surface area (Å²) in [5.74, 6) is 5.78. The number of pyridine rings is 1. The smallest absolute Gasteiger partial charge is 0.315 e. The normalized spacial score (nSPS) is 10.9. The molecule has 0 radical (unpaired) electrons. The van der Waals surface area contributed by atoms with E-state index in [1.165, 1.54) is 4.68 Å². The van der Waals surface area contributed by atoms with Crippen LogP contribution in [0.2, 0.25) is 5.02 Å². The predicted octanol–water partition coefficient (Wildman–Crippen LogP) is 2.04. The van der Waals surface area contributed by atoms with E-state index in [0.717, 1.165) is 9.13 Å². The van der Waals surface area contributed by atoms with Gasteiger partial charge in [0.1, 0.15) is 21.3 Å². The molecule has 126 valence electrons. The molecule has 0 amide bonds. The van der Waals surface area contributed by atoms with Crippen LogP contribution in [0, 0.1) is 24.3 Å². The van der Waals surface area contributed by atoms with Crippen molar-refractivity contribution in [3.05, 3.63) is 49.7 Å². The van der Waals surface area contributed by atoms with E-state index in [1.54, 1.807) is 38.2 Å². The van der Waals surface area contributed by atoms with Gasteiger partial charge in [-0.2, -0.15) is 0 Å². The number of benzene rings is 1. The zero-order chi connectivity index (χ0) is 17.9. The van der Waals surface area contributed by atoms with Gasteiger partial charge in [0.25, 0.3) is 0 Å². The minimum Gasteiger partial charge on any atom is -0.744 e. The van der Waals surface area contributed by atoms with Gasteiger partial charge in [-0.15, -0.1) is 4.68 Å². The van der Waals surface area contributed by atoms with E-state index in [4.69, 9.17) is 23.2 Å². The molecule has 0 aliphatic rings. The van der Waals surface area contributed by atoms with Gasteiger partial charge in [0, 0.05) is 3.57 Å². The van der Waals surface area contributed by atoms with E-state index in [-0.39, 0.29) is 4.90 Å². The van der Waals surface area contributed by atoms with Crippen LogP contribution in [0.5, 0.6) is 0 Å². The molecule has 0 aliphatic heterocycles. The first-order valence-corrected chi connectivity index (χ1v) is 9.25. The Labute approximate surface area is 154 Å². The van der Waals surface area contributed by atoms with Crippen molar-refractivity contribution in [1.29, 1.82) is 0 Å². The molecule has 0 aliphatic carbocycles. The Bertz CT molecular complexity index is 791. The van der Waals surface area contributed by atoms with Crippen LogP contribution < -0.4 is 16.3 Å². The summed E-state index contributed by atoms with van der Waals surface area (Å²) in [4.78, 5) is -0.0851. The molecule has 0 unspecified atom stereocenters. The molecule has 0 saturated heterocycles. The Morgan fingerprint density at radius 1 is 1.22 bits per heavy atom. The summed E-state index contributed by atoms with van der Waals surface area (Å²) in [5.41, 5.74) is 7.49. The topological polar surface area (TPSA) is 113 Å². The second-order valence-corrected chi connectivity index (χ2v) is 7.81. The van der Waals surface area contributed by atoms with E-state index in [1.807, 2.05) is 6.92 Å². The van der Waals surface area contributed by atoms with Gasteiger partial charge in [0.2, 0.25) is 0 Å². The summed E-state index contributed by atoms with van der Waals surface area (Å²) < 4.78 is 34.7. The lowest BCUT2D eigenvalue weighted by Gasteiger charge is -2.14. The predicted molar refractivity (Wildman–Crippen MR) is 97.5 cm³/mol. The van der Waals surface area contributed by atoms with Crippen molar-refractivity contribution in [2.75, 3.05) is 11.6 Å². The van der Waals surface area contributed by atoms with Crippen LogP contribution in [0.25, 0.3) is 0 Å². The van der Waals surface area contributed by atoms with E-state index in [2.05, 4.69) is 22.6 Å². The van der Waals surface area contributed by atoms with Gasteiger partial charge in [-0.1, -0.05) is 29.3 Å². The standard InChI is InChI=1S/C9H12O3S.C5H5ClIN3/c1-6-4-7(2)9(8(3)5-6)13(10,11)12;6-4-3(7)1-2-10(9)5(4)8/h4-5H,1-3H3,(H,10,11,12);1-2,8H,9H2. The molecule has 1 heterocycles. The average molecular weight is 470 g/mol. The van der Waals surface area contributed by atoms with E-state index in [0.29, 0.717) is 22.0 Å². The first kappa shape index (κ1) is 19.9. The second kappa shape index (κ2) is 7.65. The molecule has 4 N–H and O–H groups in total. The number of anilines is 1. The molecule has 1 aromatic heterocycles. The lowest BCUT2D eigenvalue weighted by molar-refractivity contribution is -0.623. The lowest BCUT2D eigenvalue weighted by atomic mass is 10.1. The van der Waals surface area contributed by atoms with Crippen molar-refractivity contribution < 1.29 is 17.6 Å². The number of halogens is 2. The number of aromatic nitrogens is 1. The fraction of sp³-hybridized carbons (Fsp3) is 0.214. The number of hydrogen-bond acceptors (Lipinski definition) is 5. The molecular weight excluding hydrogens is 453 g/mol. The monoisotopic (exact) mass is 469 g/mol. The molecular formula is C14H17ClIN3O3S. The Kier molecular flexibility index (Phi) is 6.63. The van der Waals surface area contributed by atoms with Crippen molar-refractivity contribution in [2.45, 2.75) is 25.7 Å². The molecule has 0 fully saturated rings. The van der Waals surface area contributed by atoms with Gasteiger partial charge in [0.15, 0.2) is 0 Å². The van der Waals surface area contributed by atoms with E-state index in [9.17, 15) is 13.0 Å². The van der Waals surface area contributed by atoms with Crippen LogP contribution in [-0.2, 0) is 10.1 Å². The summed E-state index contributed by atoms with van der Waals surface area (Å²) in [5, 5.41) is 0.505. The number of aryl methyl sites for hydroxylation is 3. The van der Waals surface area contributed by atoms with Crippen molar-refractivity contribution in [2.24, 2.45) is 0 Å². The average Bonchev–Trinajstić information content (AvgIpc) is 2.39. The molecule has 6 nitrogen and oxygen atoms in total. The maximum Gasteiger partial charge on any atom is 0.315 e. The highest BCUT2D eigenvalue weighted by molar-refractivity contribution is 14.1. The fourth-order valence-electron chi connectivity index (χ4n) is 2.10. The number of nitrogens with two attached hydrogens (primary N) is 2. The second-order valence-electron chi connectivity index (χ2n) is 4.95. The zero-order valence-electron chi connectivity index (χ0n) is 12.8. The summed E-state index contributed by atoms with van der Waals surface area (Å²) in [6.07, 6.45) is 1.66. The number of hydrogen-bond donors (Lipinski definition) is 2. The van der Waals surface area contributed by atoms with Crippen molar-refractivity contribution in [3.63, 3.8) is 0 Å². The molecule has 0 bridgehead atoms. The Morgan fingerprint density at radius 3 is 2.09 bits per heavy atom. The van der Waals surface area contributed by atoms with Gasteiger partial charge in [-0.05, 0) is 60.6 Å².